The molecule has 2 nitrogen and oxygen atoms in total. The molecule has 4 heteroatoms. The smallest absolute Gasteiger partial charge is 0.254 e. The lowest BCUT2D eigenvalue weighted by atomic mass is 10.2. The number of carbonyl (C=O) groups is 1. The summed E-state index contributed by atoms with van der Waals surface area (Å²) in [4.78, 5) is 13.6. The Bertz CT molecular complexity index is 381. The molecule has 0 bridgehead atoms. The molecule has 0 radical (unpaired) electrons. The maximum absolute atomic E-state index is 13.2. The first-order chi connectivity index (χ1) is 7.57. The van der Waals surface area contributed by atoms with Crippen LogP contribution in [0.5, 0.6) is 0 Å². The number of rotatable bonds is 4. The predicted octanol–water partition coefficient (Wildman–Crippen LogP) is 3.46. The Kier molecular flexibility index (Phi) is 4.93. The van der Waals surface area contributed by atoms with Crippen LogP contribution in [0.3, 0.4) is 0 Å². The molecular formula is C12H15BrFNO. The van der Waals surface area contributed by atoms with Crippen LogP contribution in [0.15, 0.2) is 22.7 Å². The molecule has 0 aromatic heterocycles. The van der Waals surface area contributed by atoms with Crippen molar-refractivity contribution in [2.75, 3.05) is 13.6 Å². The van der Waals surface area contributed by atoms with E-state index < -0.39 is 5.82 Å². The lowest BCUT2D eigenvalue weighted by Crippen LogP contribution is -2.28. The third-order valence-electron chi connectivity index (χ3n) is 2.38. The molecule has 0 fully saturated rings. The average molecular weight is 288 g/mol. The van der Waals surface area contributed by atoms with E-state index in [2.05, 4.69) is 22.9 Å². The molecule has 16 heavy (non-hydrogen) atoms. The molecule has 0 saturated carbocycles. The lowest BCUT2D eigenvalue weighted by Gasteiger charge is -2.17. The van der Waals surface area contributed by atoms with Gasteiger partial charge in [-0.3, -0.25) is 4.79 Å². The molecule has 0 N–H and O–H groups in total. The van der Waals surface area contributed by atoms with Crippen molar-refractivity contribution >= 4 is 21.8 Å². The Morgan fingerprint density at radius 1 is 1.50 bits per heavy atom. The van der Waals surface area contributed by atoms with Crippen molar-refractivity contribution < 1.29 is 9.18 Å². The quantitative estimate of drug-likeness (QED) is 0.831. The first-order valence-corrected chi connectivity index (χ1v) is 6.06. The highest BCUT2D eigenvalue weighted by atomic mass is 79.9. The molecule has 0 aliphatic heterocycles. The van der Waals surface area contributed by atoms with Gasteiger partial charge in [-0.05, 0) is 34.5 Å². The van der Waals surface area contributed by atoms with Crippen molar-refractivity contribution in [2.45, 2.75) is 19.8 Å². The van der Waals surface area contributed by atoms with Crippen molar-refractivity contribution in [1.82, 2.24) is 4.90 Å². The number of nitrogens with zero attached hydrogens (tertiary/aromatic N) is 1. The second kappa shape index (κ2) is 5.99. The van der Waals surface area contributed by atoms with Crippen molar-refractivity contribution in [1.29, 1.82) is 0 Å². The fraction of sp³-hybridized carbons (Fsp3) is 0.417. The first kappa shape index (κ1) is 13.2. The molecule has 1 rings (SSSR count). The standard InChI is InChI=1S/C12H15BrFNO/c1-3-4-8-15(2)12(16)9-6-5-7-10(14)11(9)13/h5-7H,3-4,8H2,1-2H3. The minimum Gasteiger partial charge on any atom is -0.342 e. The van der Waals surface area contributed by atoms with Crippen LogP contribution >= 0.6 is 15.9 Å². The van der Waals surface area contributed by atoms with Gasteiger partial charge in [-0.2, -0.15) is 0 Å². The van der Waals surface area contributed by atoms with Crippen molar-refractivity contribution in [2.24, 2.45) is 0 Å². The molecule has 1 amide bonds. The van der Waals surface area contributed by atoms with Crippen LogP contribution < -0.4 is 0 Å². The third kappa shape index (κ3) is 3.04. The summed E-state index contributed by atoms with van der Waals surface area (Å²) in [6.07, 6.45) is 1.98. The topological polar surface area (TPSA) is 20.3 Å². The summed E-state index contributed by atoms with van der Waals surface area (Å²) in [6, 6.07) is 4.49. The molecule has 1 aromatic rings. The summed E-state index contributed by atoms with van der Waals surface area (Å²) >= 11 is 3.09. The minimum atomic E-state index is -0.408. The lowest BCUT2D eigenvalue weighted by molar-refractivity contribution is 0.0792. The summed E-state index contributed by atoms with van der Waals surface area (Å²) in [7, 11) is 1.73. The molecule has 0 atom stereocenters. The Hall–Kier alpha value is -0.900. The SMILES string of the molecule is CCCCN(C)C(=O)c1cccc(F)c1Br. The average Bonchev–Trinajstić information content (AvgIpc) is 2.28. The van der Waals surface area contributed by atoms with E-state index >= 15 is 0 Å². The fourth-order valence-electron chi connectivity index (χ4n) is 1.37. The van der Waals surface area contributed by atoms with E-state index in [1.165, 1.54) is 6.07 Å². The molecular weight excluding hydrogens is 273 g/mol. The fourth-order valence-corrected chi connectivity index (χ4v) is 1.81. The van der Waals surface area contributed by atoms with E-state index in [4.69, 9.17) is 0 Å². The second-order valence-corrected chi connectivity index (χ2v) is 4.47. The maximum atomic E-state index is 13.2. The monoisotopic (exact) mass is 287 g/mol. The van der Waals surface area contributed by atoms with E-state index in [1.54, 1.807) is 24.1 Å². The van der Waals surface area contributed by atoms with Gasteiger partial charge in [0.05, 0.1) is 10.0 Å². The van der Waals surface area contributed by atoms with Crippen molar-refractivity contribution in [3.05, 3.63) is 34.1 Å². The zero-order valence-corrected chi connectivity index (χ0v) is 11.1. The predicted molar refractivity (Wildman–Crippen MR) is 66.0 cm³/mol. The van der Waals surface area contributed by atoms with Gasteiger partial charge in [0.15, 0.2) is 0 Å². The molecule has 0 heterocycles. The first-order valence-electron chi connectivity index (χ1n) is 5.27. The zero-order valence-electron chi connectivity index (χ0n) is 9.46. The minimum absolute atomic E-state index is 0.153. The Balaban J connectivity index is 2.84. The van der Waals surface area contributed by atoms with Crippen molar-refractivity contribution in [3.8, 4) is 0 Å². The van der Waals surface area contributed by atoms with E-state index in [1.807, 2.05) is 0 Å². The van der Waals surface area contributed by atoms with Gasteiger partial charge >= 0.3 is 0 Å². The Morgan fingerprint density at radius 2 is 2.19 bits per heavy atom. The van der Waals surface area contributed by atoms with Crippen LogP contribution in [-0.2, 0) is 0 Å². The number of halogens is 2. The van der Waals surface area contributed by atoms with Crippen LogP contribution in [-0.4, -0.2) is 24.4 Å². The van der Waals surface area contributed by atoms with E-state index in [0.717, 1.165) is 12.8 Å². The number of benzene rings is 1. The molecule has 0 spiro atoms. The largest absolute Gasteiger partial charge is 0.342 e. The van der Waals surface area contributed by atoms with Crippen LogP contribution in [0, 0.1) is 5.82 Å². The normalized spacial score (nSPS) is 10.2. The number of carbonyl (C=O) groups excluding carboxylic acids is 1. The molecule has 88 valence electrons. The summed E-state index contributed by atoms with van der Waals surface area (Å²) < 4.78 is 13.5. The summed E-state index contributed by atoms with van der Waals surface area (Å²) in [5.41, 5.74) is 0.374. The summed E-state index contributed by atoms with van der Waals surface area (Å²) in [6.45, 7) is 2.76. The van der Waals surface area contributed by atoms with Gasteiger partial charge < -0.3 is 4.90 Å². The van der Waals surface area contributed by atoms with E-state index in [-0.39, 0.29) is 10.4 Å². The van der Waals surface area contributed by atoms with Crippen LogP contribution in [0.25, 0.3) is 0 Å². The highest BCUT2D eigenvalue weighted by Crippen LogP contribution is 2.21. The van der Waals surface area contributed by atoms with E-state index in [9.17, 15) is 9.18 Å². The van der Waals surface area contributed by atoms with Gasteiger partial charge in [-0.15, -0.1) is 0 Å². The summed E-state index contributed by atoms with van der Waals surface area (Å²) in [5.74, 6) is -0.561. The highest BCUT2D eigenvalue weighted by molar-refractivity contribution is 9.10. The molecule has 1 aromatic carbocycles. The van der Waals surface area contributed by atoms with Crippen molar-refractivity contribution in [3.63, 3.8) is 0 Å². The van der Waals surface area contributed by atoms with Gasteiger partial charge in [0.25, 0.3) is 5.91 Å². The van der Waals surface area contributed by atoms with Crippen LogP contribution in [0.2, 0.25) is 0 Å². The van der Waals surface area contributed by atoms with Gasteiger partial charge in [-0.25, -0.2) is 4.39 Å². The maximum Gasteiger partial charge on any atom is 0.254 e. The molecule has 0 unspecified atom stereocenters. The van der Waals surface area contributed by atoms with Gasteiger partial charge in [0.1, 0.15) is 5.82 Å². The zero-order chi connectivity index (χ0) is 12.1. The summed E-state index contributed by atoms with van der Waals surface area (Å²) in [5, 5.41) is 0. The van der Waals surface area contributed by atoms with E-state index in [0.29, 0.717) is 12.1 Å². The Labute approximate surface area is 104 Å². The molecule has 0 saturated heterocycles. The number of amides is 1. The van der Waals surface area contributed by atoms with Gasteiger partial charge in [0.2, 0.25) is 0 Å². The molecule has 0 aliphatic rings. The Morgan fingerprint density at radius 3 is 2.81 bits per heavy atom. The van der Waals surface area contributed by atoms with Gasteiger partial charge in [-0.1, -0.05) is 19.4 Å². The number of hydrogen-bond donors (Lipinski definition) is 0. The number of hydrogen-bond acceptors (Lipinski definition) is 1. The van der Waals surface area contributed by atoms with Crippen LogP contribution in [0.4, 0.5) is 4.39 Å². The second-order valence-electron chi connectivity index (χ2n) is 3.68. The molecule has 0 aliphatic carbocycles. The van der Waals surface area contributed by atoms with Gasteiger partial charge in [0, 0.05) is 13.6 Å². The highest BCUT2D eigenvalue weighted by Gasteiger charge is 2.16. The number of unbranched alkanes of at least 4 members (excludes halogenated alkanes) is 1. The third-order valence-corrected chi connectivity index (χ3v) is 3.18. The van der Waals surface area contributed by atoms with Crippen LogP contribution in [0.1, 0.15) is 30.1 Å².